The molecule has 1 atom stereocenters. The van der Waals surface area contributed by atoms with Gasteiger partial charge < -0.3 is 14.2 Å². The number of benzene rings is 1. The lowest BCUT2D eigenvalue weighted by molar-refractivity contribution is -0.133. The molecule has 0 spiro atoms. The molecule has 1 saturated heterocycles. The lowest BCUT2D eigenvalue weighted by Gasteiger charge is -2.23. The van der Waals surface area contributed by atoms with Gasteiger partial charge in [-0.25, -0.2) is 0 Å². The minimum Gasteiger partial charge on any atom is -0.493 e. The predicted octanol–water partition coefficient (Wildman–Crippen LogP) is 4.24. The molecule has 1 saturated carbocycles. The highest BCUT2D eigenvalue weighted by Gasteiger charge is 2.35. The van der Waals surface area contributed by atoms with Crippen molar-refractivity contribution in [3.8, 4) is 5.75 Å². The lowest BCUT2D eigenvalue weighted by Crippen LogP contribution is -2.31. The average Bonchev–Trinajstić information content (AvgIpc) is 3.43. The fraction of sp³-hybridized carbons (Fsp3) is 0.591. The summed E-state index contributed by atoms with van der Waals surface area (Å²) in [6.07, 6.45) is 8.05. The van der Waals surface area contributed by atoms with Crippen molar-refractivity contribution in [3.05, 3.63) is 41.5 Å². The van der Waals surface area contributed by atoms with Crippen molar-refractivity contribution in [2.75, 3.05) is 13.2 Å². The Morgan fingerprint density at radius 2 is 2.11 bits per heavy atom. The summed E-state index contributed by atoms with van der Waals surface area (Å²) < 4.78 is 11.3. The molecule has 2 fully saturated rings. The Kier molecular flexibility index (Phi) is 5.93. The average molecular weight is 383 g/mol. The van der Waals surface area contributed by atoms with E-state index in [-0.39, 0.29) is 11.9 Å². The van der Waals surface area contributed by atoms with Gasteiger partial charge in [-0.2, -0.15) is 4.98 Å². The van der Waals surface area contributed by atoms with Crippen molar-refractivity contribution in [3.63, 3.8) is 0 Å². The maximum atomic E-state index is 12.8. The number of carbonyl (C=O) groups excluding carboxylic acids is 1. The van der Waals surface area contributed by atoms with Crippen LogP contribution in [-0.2, 0) is 11.2 Å². The van der Waals surface area contributed by atoms with Gasteiger partial charge in [0.15, 0.2) is 5.82 Å². The van der Waals surface area contributed by atoms with E-state index in [9.17, 15) is 4.79 Å². The number of hydrogen-bond acceptors (Lipinski definition) is 5. The van der Waals surface area contributed by atoms with Crippen molar-refractivity contribution in [1.82, 2.24) is 15.0 Å². The van der Waals surface area contributed by atoms with Crippen LogP contribution in [0.3, 0.4) is 0 Å². The summed E-state index contributed by atoms with van der Waals surface area (Å²) in [5, 5.41) is 4.10. The molecule has 1 amide bonds. The molecule has 4 rings (SSSR count). The molecule has 1 aliphatic heterocycles. The van der Waals surface area contributed by atoms with Crippen molar-refractivity contribution in [2.24, 2.45) is 5.92 Å². The van der Waals surface area contributed by atoms with Crippen LogP contribution in [0.1, 0.15) is 68.3 Å². The van der Waals surface area contributed by atoms with E-state index in [0.29, 0.717) is 37.1 Å². The Morgan fingerprint density at radius 1 is 1.25 bits per heavy atom. The Morgan fingerprint density at radius 3 is 2.93 bits per heavy atom. The Hall–Kier alpha value is -2.37. The van der Waals surface area contributed by atoms with Crippen LogP contribution in [0, 0.1) is 12.8 Å². The second-order valence-corrected chi connectivity index (χ2v) is 8.06. The van der Waals surface area contributed by atoms with Gasteiger partial charge in [0, 0.05) is 19.4 Å². The fourth-order valence-corrected chi connectivity index (χ4v) is 4.37. The van der Waals surface area contributed by atoms with Gasteiger partial charge >= 0.3 is 0 Å². The first-order chi connectivity index (χ1) is 13.7. The molecule has 1 aromatic carbocycles. The van der Waals surface area contributed by atoms with Crippen molar-refractivity contribution < 1.29 is 14.1 Å². The standard InChI is InChI=1S/C22H29N3O3/c1-16-6-4-9-18(14-16)27-13-11-20-23-22(28-24-20)19-10-5-12-25(19)21(26)15-17-7-2-3-8-17/h4,6,9,14,17,19H,2-3,5,7-8,10-13,15H2,1H3. The van der Waals surface area contributed by atoms with Gasteiger partial charge in [-0.15, -0.1) is 0 Å². The van der Waals surface area contributed by atoms with Crippen molar-refractivity contribution in [1.29, 1.82) is 0 Å². The summed E-state index contributed by atoms with van der Waals surface area (Å²) in [5.41, 5.74) is 1.17. The zero-order chi connectivity index (χ0) is 19.3. The number of amides is 1. The van der Waals surface area contributed by atoms with Gasteiger partial charge in [0.1, 0.15) is 11.8 Å². The second kappa shape index (κ2) is 8.76. The summed E-state index contributed by atoms with van der Waals surface area (Å²) >= 11 is 0. The van der Waals surface area contributed by atoms with E-state index in [2.05, 4.69) is 10.1 Å². The molecule has 150 valence electrons. The third-order valence-corrected chi connectivity index (χ3v) is 5.86. The third kappa shape index (κ3) is 4.54. The molecule has 2 aliphatic rings. The van der Waals surface area contributed by atoms with Crippen molar-refractivity contribution >= 4 is 5.91 Å². The Bertz CT molecular complexity index is 798. The topological polar surface area (TPSA) is 68.5 Å². The normalized spacial score (nSPS) is 20.0. The molecule has 28 heavy (non-hydrogen) atoms. The predicted molar refractivity (Wildman–Crippen MR) is 105 cm³/mol. The van der Waals surface area contributed by atoms with E-state index in [0.717, 1.165) is 25.1 Å². The molecule has 2 heterocycles. The molecule has 0 bridgehead atoms. The molecule has 6 heteroatoms. The number of nitrogens with zero attached hydrogens (tertiary/aromatic N) is 3. The highest BCUT2D eigenvalue weighted by atomic mass is 16.5. The zero-order valence-electron chi connectivity index (χ0n) is 16.6. The molecular formula is C22H29N3O3. The van der Waals surface area contributed by atoms with Gasteiger partial charge in [-0.1, -0.05) is 30.1 Å². The van der Waals surface area contributed by atoms with Crippen LogP contribution < -0.4 is 4.74 Å². The highest BCUT2D eigenvalue weighted by molar-refractivity contribution is 5.77. The van der Waals surface area contributed by atoms with Crippen molar-refractivity contribution in [2.45, 2.75) is 64.3 Å². The number of rotatable bonds is 7. The molecular weight excluding hydrogens is 354 g/mol. The van der Waals surface area contributed by atoms with Gasteiger partial charge in [-0.3, -0.25) is 4.79 Å². The molecule has 1 aromatic heterocycles. The minimum atomic E-state index is -0.0622. The number of carbonyl (C=O) groups is 1. The lowest BCUT2D eigenvalue weighted by atomic mass is 10.0. The highest BCUT2D eigenvalue weighted by Crippen LogP contribution is 2.34. The molecule has 1 aliphatic carbocycles. The van der Waals surface area contributed by atoms with E-state index in [1.165, 1.54) is 31.2 Å². The maximum absolute atomic E-state index is 12.8. The maximum Gasteiger partial charge on any atom is 0.249 e. The monoisotopic (exact) mass is 383 g/mol. The summed E-state index contributed by atoms with van der Waals surface area (Å²) in [6, 6.07) is 7.91. The number of hydrogen-bond donors (Lipinski definition) is 0. The fourth-order valence-electron chi connectivity index (χ4n) is 4.37. The van der Waals surface area contributed by atoms with Crippen LogP contribution in [0.5, 0.6) is 5.75 Å². The molecule has 0 radical (unpaired) electrons. The summed E-state index contributed by atoms with van der Waals surface area (Å²) in [4.78, 5) is 19.3. The van der Waals surface area contributed by atoms with Crippen LogP contribution in [-0.4, -0.2) is 34.1 Å². The van der Waals surface area contributed by atoms with E-state index in [1.54, 1.807) is 0 Å². The van der Waals surface area contributed by atoms with Crippen LogP contribution in [0.15, 0.2) is 28.8 Å². The Labute approximate surface area is 166 Å². The SMILES string of the molecule is Cc1cccc(OCCc2noc(C3CCCN3C(=O)CC3CCCC3)n2)c1. The summed E-state index contributed by atoms with van der Waals surface area (Å²) in [5.74, 6) is 2.87. The van der Waals surface area contributed by atoms with E-state index >= 15 is 0 Å². The van der Waals surface area contributed by atoms with Crippen LogP contribution in [0.4, 0.5) is 0 Å². The smallest absolute Gasteiger partial charge is 0.249 e. The second-order valence-electron chi connectivity index (χ2n) is 8.06. The summed E-state index contributed by atoms with van der Waals surface area (Å²) in [6.45, 7) is 3.33. The molecule has 2 aromatic rings. The van der Waals surface area contributed by atoms with Crippen LogP contribution in [0.2, 0.25) is 0 Å². The largest absolute Gasteiger partial charge is 0.493 e. The van der Waals surface area contributed by atoms with Gasteiger partial charge in [0.05, 0.1) is 6.61 Å². The first-order valence-corrected chi connectivity index (χ1v) is 10.5. The first kappa shape index (κ1) is 19.0. The summed E-state index contributed by atoms with van der Waals surface area (Å²) in [7, 11) is 0. The van der Waals surface area contributed by atoms with E-state index in [4.69, 9.17) is 9.26 Å². The zero-order valence-corrected chi connectivity index (χ0v) is 16.6. The third-order valence-electron chi connectivity index (χ3n) is 5.86. The molecule has 6 nitrogen and oxygen atoms in total. The van der Waals surface area contributed by atoms with Crippen LogP contribution in [0.25, 0.3) is 0 Å². The van der Waals surface area contributed by atoms with Gasteiger partial charge in [-0.05, 0) is 56.2 Å². The first-order valence-electron chi connectivity index (χ1n) is 10.5. The van der Waals surface area contributed by atoms with Gasteiger partial charge in [0.2, 0.25) is 11.8 Å². The van der Waals surface area contributed by atoms with Crippen LogP contribution >= 0.6 is 0 Å². The molecule has 0 N–H and O–H groups in total. The van der Waals surface area contributed by atoms with E-state index < -0.39 is 0 Å². The number of aromatic nitrogens is 2. The number of likely N-dealkylation sites (tertiary alicyclic amines) is 1. The molecule has 1 unspecified atom stereocenters. The van der Waals surface area contributed by atoms with E-state index in [1.807, 2.05) is 36.1 Å². The number of ether oxygens (including phenoxy) is 1. The van der Waals surface area contributed by atoms with Gasteiger partial charge in [0.25, 0.3) is 0 Å². The number of aryl methyl sites for hydroxylation is 1. The minimum absolute atomic E-state index is 0.0622. The Balaban J connectivity index is 1.31. The quantitative estimate of drug-likeness (QED) is 0.715.